The van der Waals surface area contributed by atoms with Crippen molar-refractivity contribution in [3.05, 3.63) is 80.0 Å². The smallest absolute Gasteiger partial charge is 0.262 e. The fraction of sp³-hybridized carbons (Fsp3) is 0.261. The largest absolute Gasteiger partial charge is 0.343 e. The lowest BCUT2D eigenvalue weighted by Gasteiger charge is -2.11. The second-order valence-electron chi connectivity index (χ2n) is 7.12. The third kappa shape index (κ3) is 3.87. The fourth-order valence-corrected chi connectivity index (χ4v) is 5.27. The van der Waals surface area contributed by atoms with Gasteiger partial charge in [-0.1, -0.05) is 30.0 Å². The summed E-state index contributed by atoms with van der Waals surface area (Å²) in [6.45, 7) is 7.24. The van der Waals surface area contributed by atoms with Gasteiger partial charge in [0.15, 0.2) is 10.9 Å². The Kier molecular flexibility index (Phi) is 5.92. The molecule has 0 bridgehead atoms. The summed E-state index contributed by atoms with van der Waals surface area (Å²) in [7, 11) is 0. The van der Waals surface area contributed by atoms with Crippen LogP contribution < -0.4 is 5.56 Å². The summed E-state index contributed by atoms with van der Waals surface area (Å²) < 4.78 is 3.82. The number of fused-ring (bicyclic) bond motifs is 1. The third-order valence-corrected chi connectivity index (χ3v) is 7.08. The van der Waals surface area contributed by atoms with Gasteiger partial charge in [-0.3, -0.25) is 14.2 Å². The van der Waals surface area contributed by atoms with E-state index in [1.54, 1.807) is 22.0 Å². The van der Waals surface area contributed by atoms with Gasteiger partial charge in [-0.15, -0.1) is 11.3 Å². The molecule has 0 radical (unpaired) electrons. The van der Waals surface area contributed by atoms with E-state index in [0.29, 0.717) is 22.6 Å². The molecule has 0 aliphatic rings. The van der Waals surface area contributed by atoms with Crippen LogP contribution in [0.3, 0.4) is 0 Å². The molecule has 0 saturated heterocycles. The first kappa shape index (κ1) is 20.6. The van der Waals surface area contributed by atoms with Crippen molar-refractivity contribution in [2.45, 2.75) is 39.0 Å². The molecule has 0 aliphatic carbocycles. The Morgan fingerprint density at radius 2 is 1.93 bits per heavy atom. The normalized spacial score (nSPS) is 11.3. The van der Waals surface area contributed by atoms with Crippen LogP contribution in [0.2, 0.25) is 0 Å². The number of thiophene rings is 1. The minimum absolute atomic E-state index is 0.0515. The molecule has 0 N–H and O–H groups in total. The SMILES string of the molecule is CCn1c(SCC(=O)c2cc(C)n(Cc3cccs3)c2C)nc2ccccc2c1=O. The molecule has 0 amide bonds. The average molecular weight is 438 g/mol. The number of Topliss-reactive ketones (excluding diaryl/α,β-unsaturated/α-hetero) is 1. The van der Waals surface area contributed by atoms with Crippen molar-refractivity contribution in [1.29, 1.82) is 0 Å². The van der Waals surface area contributed by atoms with E-state index < -0.39 is 0 Å². The van der Waals surface area contributed by atoms with E-state index in [0.717, 1.165) is 23.5 Å². The molecule has 3 heterocycles. The average Bonchev–Trinajstić information content (AvgIpc) is 3.36. The van der Waals surface area contributed by atoms with Crippen LogP contribution in [-0.2, 0) is 13.1 Å². The molecule has 0 unspecified atom stereocenters. The zero-order chi connectivity index (χ0) is 21.3. The molecule has 0 fully saturated rings. The molecule has 154 valence electrons. The Morgan fingerprint density at radius 1 is 1.13 bits per heavy atom. The molecule has 4 aromatic rings. The van der Waals surface area contributed by atoms with Crippen LogP contribution in [0.15, 0.2) is 57.8 Å². The van der Waals surface area contributed by atoms with Crippen LogP contribution in [0, 0.1) is 13.8 Å². The molecule has 30 heavy (non-hydrogen) atoms. The van der Waals surface area contributed by atoms with Crippen LogP contribution in [0.1, 0.15) is 33.5 Å². The van der Waals surface area contributed by atoms with Gasteiger partial charge in [0, 0.05) is 28.4 Å². The van der Waals surface area contributed by atoms with Gasteiger partial charge >= 0.3 is 0 Å². The van der Waals surface area contributed by atoms with Gasteiger partial charge in [-0.05, 0) is 50.4 Å². The number of nitrogens with zero attached hydrogens (tertiary/aromatic N) is 3. The maximum atomic E-state index is 13.0. The highest BCUT2D eigenvalue weighted by Gasteiger charge is 2.18. The fourth-order valence-electron chi connectivity index (χ4n) is 3.63. The van der Waals surface area contributed by atoms with Crippen molar-refractivity contribution >= 4 is 39.8 Å². The van der Waals surface area contributed by atoms with Gasteiger partial charge in [-0.25, -0.2) is 4.98 Å². The lowest BCUT2D eigenvalue weighted by molar-refractivity contribution is 0.102. The second kappa shape index (κ2) is 8.62. The topological polar surface area (TPSA) is 56.9 Å². The standard InChI is InChI=1S/C23H23N3O2S2/c1-4-25-22(28)18-9-5-6-10-20(18)24-23(25)30-14-21(27)19-12-15(2)26(16(19)3)13-17-8-7-11-29-17/h5-12H,4,13-14H2,1-3H3. The van der Waals surface area contributed by atoms with Crippen molar-refractivity contribution in [1.82, 2.24) is 14.1 Å². The Balaban J connectivity index is 1.58. The van der Waals surface area contributed by atoms with Gasteiger partial charge in [0.05, 0.1) is 23.2 Å². The van der Waals surface area contributed by atoms with Crippen LogP contribution in [0.4, 0.5) is 0 Å². The van der Waals surface area contributed by atoms with Crippen LogP contribution in [-0.4, -0.2) is 25.7 Å². The third-order valence-electron chi connectivity index (χ3n) is 5.24. The predicted molar refractivity (Wildman–Crippen MR) is 124 cm³/mol. The summed E-state index contributed by atoms with van der Waals surface area (Å²) in [4.78, 5) is 31.7. The highest BCUT2D eigenvalue weighted by Crippen LogP contribution is 2.23. The number of hydrogen-bond acceptors (Lipinski definition) is 5. The summed E-state index contributed by atoms with van der Waals surface area (Å²) in [5.74, 6) is 0.296. The molecule has 0 aliphatic heterocycles. The number of benzene rings is 1. The molecule has 0 saturated carbocycles. The molecule has 5 nitrogen and oxygen atoms in total. The maximum Gasteiger partial charge on any atom is 0.262 e. The van der Waals surface area contributed by atoms with Gasteiger partial charge < -0.3 is 4.57 Å². The Bertz CT molecular complexity index is 1270. The van der Waals surface area contributed by atoms with Crippen LogP contribution in [0.25, 0.3) is 10.9 Å². The van der Waals surface area contributed by atoms with E-state index in [9.17, 15) is 9.59 Å². The number of aryl methyl sites for hydroxylation is 1. The van der Waals surface area contributed by atoms with Gasteiger partial charge in [0.2, 0.25) is 0 Å². The maximum absolute atomic E-state index is 13.0. The first-order chi connectivity index (χ1) is 14.5. The molecule has 7 heteroatoms. The summed E-state index contributed by atoms with van der Waals surface area (Å²) in [5, 5.41) is 3.25. The van der Waals surface area contributed by atoms with E-state index in [1.165, 1.54) is 16.6 Å². The first-order valence-corrected chi connectivity index (χ1v) is 11.7. The number of thioether (sulfide) groups is 1. The van der Waals surface area contributed by atoms with Crippen molar-refractivity contribution in [3.8, 4) is 0 Å². The number of carbonyl (C=O) groups excluding carboxylic acids is 1. The Hall–Kier alpha value is -2.64. The number of hydrogen-bond donors (Lipinski definition) is 0. The molecular weight excluding hydrogens is 414 g/mol. The van der Waals surface area contributed by atoms with Crippen molar-refractivity contribution < 1.29 is 4.79 Å². The number of aromatic nitrogens is 3. The van der Waals surface area contributed by atoms with Crippen LogP contribution >= 0.6 is 23.1 Å². The highest BCUT2D eigenvalue weighted by atomic mass is 32.2. The molecule has 4 rings (SSSR count). The predicted octanol–water partition coefficient (Wildman–Crippen LogP) is 4.92. The number of carbonyl (C=O) groups is 1. The zero-order valence-corrected chi connectivity index (χ0v) is 18.8. The Morgan fingerprint density at radius 3 is 2.67 bits per heavy atom. The van der Waals surface area contributed by atoms with E-state index in [4.69, 9.17) is 0 Å². The minimum atomic E-state index is -0.0628. The second-order valence-corrected chi connectivity index (χ2v) is 9.10. The molecule has 0 atom stereocenters. The summed E-state index contributed by atoms with van der Waals surface area (Å²) in [6.07, 6.45) is 0. The first-order valence-electron chi connectivity index (χ1n) is 9.84. The number of rotatable bonds is 7. The number of para-hydroxylation sites is 1. The van der Waals surface area contributed by atoms with Gasteiger partial charge in [0.1, 0.15) is 0 Å². The van der Waals surface area contributed by atoms with Gasteiger partial charge in [-0.2, -0.15) is 0 Å². The molecule has 1 aromatic carbocycles. The summed E-state index contributed by atoms with van der Waals surface area (Å²) >= 11 is 3.04. The lowest BCUT2D eigenvalue weighted by atomic mass is 10.2. The van der Waals surface area contributed by atoms with E-state index >= 15 is 0 Å². The lowest BCUT2D eigenvalue weighted by Crippen LogP contribution is -2.22. The van der Waals surface area contributed by atoms with Gasteiger partial charge in [0.25, 0.3) is 5.56 Å². The van der Waals surface area contributed by atoms with Crippen LogP contribution in [0.5, 0.6) is 0 Å². The quantitative estimate of drug-likeness (QED) is 0.234. The van der Waals surface area contributed by atoms with E-state index in [-0.39, 0.29) is 17.1 Å². The number of ketones is 1. The molecule has 0 spiro atoms. The Labute approximate surface area is 183 Å². The van der Waals surface area contributed by atoms with Crippen molar-refractivity contribution in [3.63, 3.8) is 0 Å². The summed E-state index contributed by atoms with van der Waals surface area (Å²) in [6, 6.07) is 13.4. The van der Waals surface area contributed by atoms with Crippen molar-refractivity contribution in [2.24, 2.45) is 0 Å². The van der Waals surface area contributed by atoms with E-state index in [1.807, 2.05) is 51.1 Å². The monoisotopic (exact) mass is 437 g/mol. The highest BCUT2D eigenvalue weighted by molar-refractivity contribution is 7.99. The molecular formula is C23H23N3O2S2. The summed E-state index contributed by atoms with van der Waals surface area (Å²) in [5.41, 5.74) is 3.39. The zero-order valence-electron chi connectivity index (χ0n) is 17.2. The van der Waals surface area contributed by atoms with Crippen molar-refractivity contribution in [2.75, 3.05) is 5.75 Å². The minimum Gasteiger partial charge on any atom is -0.343 e. The molecule has 3 aromatic heterocycles. The van der Waals surface area contributed by atoms with E-state index in [2.05, 4.69) is 21.0 Å².